The van der Waals surface area contributed by atoms with E-state index < -0.39 is 9.84 Å². The molecule has 0 bridgehead atoms. The van der Waals surface area contributed by atoms with E-state index in [1.165, 1.54) is 5.57 Å². The molecular formula is C17H23NO3S. The molecule has 0 unspecified atom stereocenters. The van der Waals surface area contributed by atoms with Crippen LogP contribution in [0.15, 0.2) is 34.7 Å². The van der Waals surface area contributed by atoms with Gasteiger partial charge in [-0.3, -0.25) is 0 Å². The van der Waals surface area contributed by atoms with Gasteiger partial charge in [0, 0.05) is 13.2 Å². The lowest BCUT2D eigenvalue weighted by Gasteiger charge is -2.22. The van der Waals surface area contributed by atoms with Crippen LogP contribution >= 0.6 is 0 Å². The highest BCUT2D eigenvalue weighted by Crippen LogP contribution is 2.24. The molecule has 1 N–H and O–H groups in total. The maximum Gasteiger partial charge on any atom is 0.181 e. The van der Waals surface area contributed by atoms with Crippen LogP contribution < -0.4 is 5.32 Å². The molecule has 1 aromatic rings. The predicted octanol–water partition coefficient (Wildman–Crippen LogP) is 2.41. The van der Waals surface area contributed by atoms with Crippen LogP contribution in [0.3, 0.4) is 0 Å². The van der Waals surface area contributed by atoms with Gasteiger partial charge < -0.3 is 10.1 Å². The highest BCUT2D eigenvalue weighted by atomic mass is 32.2. The van der Waals surface area contributed by atoms with Gasteiger partial charge >= 0.3 is 0 Å². The molecule has 0 atom stereocenters. The monoisotopic (exact) mass is 321 g/mol. The van der Waals surface area contributed by atoms with Crippen molar-refractivity contribution in [1.82, 2.24) is 5.32 Å². The molecule has 3 rings (SSSR count). The Hall–Kier alpha value is -1.17. The molecule has 2 fully saturated rings. The average molecular weight is 321 g/mol. The third-order valence-corrected chi connectivity index (χ3v) is 6.71. The van der Waals surface area contributed by atoms with E-state index in [1.54, 1.807) is 12.1 Å². The maximum absolute atomic E-state index is 12.6. The first-order valence-electron chi connectivity index (χ1n) is 7.98. The predicted molar refractivity (Wildman–Crippen MR) is 87.5 cm³/mol. The van der Waals surface area contributed by atoms with Gasteiger partial charge in [0.05, 0.1) is 10.1 Å². The first-order valence-corrected chi connectivity index (χ1v) is 9.53. The zero-order chi connectivity index (χ0) is 15.4. The fourth-order valence-electron chi connectivity index (χ4n) is 3.06. The number of nitrogens with one attached hydrogen (secondary N) is 1. The second-order valence-corrected chi connectivity index (χ2v) is 8.21. The van der Waals surface area contributed by atoms with Crippen LogP contribution in [0, 0.1) is 0 Å². The molecule has 2 saturated heterocycles. The number of sulfone groups is 1. The molecule has 0 aromatic heterocycles. The van der Waals surface area contributed by atoms with Crippen molar-refractivity contribution in [2.75, 3.05) is 26.3 Å². The van der Waals surface area contributed by atoms with Crippen LogP contribution in [-0.2, 0) is 14.6 Å². The summed E-state index contributed by atoms with van der Waals surface area (Å²) in [6, 6.07) is 7.33. The molecule has 0 amide bonds. The SMILES string of the molecule is O=S(=O)(c1ccc(C=C2CCNCC2)cc1)C1CCOCC1. The quantitative estimate of drug-likeness (QED) is 0.929. The van der Waals surface area contributed by atoms with E-state index in [-0.39, 0.29) is 5.25 Å². The minimum Gasteiger partial charge on any atom is -0.381 e. The third-order valence-electron chi connectivity index (χ3n) is 4.43. The number of benzene rings is 1. The lowest BCUT2D eigenvalue weighted by Crippen LogP contribution is -2.28. The van der Waals surface area contributed by atoms with E-state index in [9.17, 15) is 8.42 Å². The van der Waals surface area contributed by atoms with Crippen molar-refractivity contribution in [2.45, 2.75) is 35.8 Å². The Morgan fingerprint density at radius 2 is 1.68 bits per heavy atom. The number of piperidine rings is 1. The average Bonchev–Trinajstić information content (AvgIpc) is 2.57. The van der Waals surface area contributed by atoms with Gasteiger partial charge in [-0.15, -0.1) is 0 Å². The van der Waals surface area contributed by atoms with Crippen LogP contribution in [-0.4, -0.2) is 40.0 Å². The molecular weight excluding hydrogens is 298 g/mol. The summed E-state index contributed by atoms with van der Waals surface area (Å²) in [6.07, 6.45) is 5.53. The molecule has 1 aromatic carbocycles. The molecule has 0 radical (unpaired) electrons. The van der Waals surface area contributed by atoms with Crippen molar-refractivity contribution >= 4 is 15.9 Å². The highest BCUT2D eigenvalue weighted by Gasteiger charge is 2.29. The summed E-state index contributed by atoms with van der Waals surface area (Å²) in [7, 11) is -3.22. The normalized spacial score (nSPS) is 20.8. The first-order chi connectivity index (χ1) is 10.7. The fraction of sp³-hybridized carbons (Fsp3) is 0.529. The van der Waals surface area contributed by atoms with E-state index in [0.717, 1.165) is 31.5 Å². The van der Waals surface area contributed by atoms with E-state index >= 15 is 0 Å². The molecule has 0 spiro atoms. The zero-order valence-electron chi connectivity index (χ0n) is 12.8. The number of rotatable bonds is 3. The Morgan fingerprint density at radius 1 is 1.05 bits per heavy atom. The fourth-order valence-corrected chi connectivity index (χ4v) is 4.77. The molecule has 0 aliphatic carbocycles. The summed E-state index contributed by atoms with van der Waals surface area (Å²) in [5.41, 5.74) is 2.52. The van der Waals surface area contributed by atoms with Gasteiger partial charge in [0.25, 0.3) is 0 Å². The van der Waals surface area contributed by atoms with E-state index in [0.29, 0.717) is 31.0 Å². The number of hydrogen-bond donors (Lipinski definition) is 1. The van der Waals surface area contributed by atoms with Crippen LogP contribution in [0.1, 0.15) is 31.2 Å². The summed E-state index contributed by atoms with van der Waals surface area (Å²) in [4.78, 5) is 0.437. The van der Waals surface area contributed by atoms with E-state index in [1.807, 2.05) is 12.1 Å². The van der Waals surface area contributed by atoms with Crippen LogP contribution in [0.25, 0.3) is 6.08 Å². The summed E-state index contributed by atoms with van der Waals surface area (Å²) in [5.74, 6) is 0. The Bertz CT molecular complexity index is 620. The number of ether oxygens (including phenoxy) is 1. The largest absolute Gasteiger partial charge is 0.381 e. The molecule has 120 valence electrons. The van der Waals surface area contributed by atoms with Gasteiger partial charge in [0.15, 0.2) is 9.84 Å². The van der Waals surface area contributed by atoms with Crippen LogP contribution in [0.5, 0.6) is 0 Å². The van der Waals surface area contributed by atoms with Crippen LogP contribution in [0.4, 0.5) is 0 Å². The van der Waals surface area contributed by atoms with Crippen molar-refractivity contribution in [3.8, 4) is 0 Å². The van der Waals surface area contributed by atoms with Gasteiger partial charge in [-0.05, 0) is 56.5 Å². The van der Waals surface area contributed by atoms with Gasteiger partial charge in [-0.2, -0.15) is 0 Å². The molecule has 2 aliphatic rings. The summed E-state index contributed by atoms with van der Waals surface area (Å²) >= 11 is 0. The summed E-state index contributed by atoms with van der Waals surface area (Å²) < 4.78 is 30.5. The molecule has 2 aliphatic heterocycles. The zero-order valence-corrected chi connectivity index (χ0v) is 13.6. The van der Waals surface area contributed by atoms with Gasteiger partial charge in [-0.25, -0.2) is 8.42 Å². The Morgan fingerprint density at radius 3 is 2.32 bits per heavy atom. The minimum absolute atomic E-state index is 0.296. The van der Waals surface area contributed by atoms with Crippen LogP contribution in [0.2, 0.25) is 0 Å². The highest BCUT2D eigenvalue weighted by molar-refractivity contribution is 7.92. The Labute approximate surface area is 132 Å². The standard InChI is InChI=1S/C17H23NO3S/c19-22(20,17-7-11-21-12-8-17)16-3-1-14(2-4-16)13-15-5-9-18-10-6-15/h1-4,13,17-18H,5-12H2. The third kappa shape index (κ3) is 3.59. The van der Waals surface area contributed by atoms with E-state index in [4.69, 9.17) is 4.74 Å². The Balaban J connectivity index is 1.75. The smallest absolute Gasteiger partial charge is 0.181 e. The topological polar surface area (TPSA) is 55.4 Å². The van der Waals surface area contributed by atoms with Crippen molar-refractivity contribution < 1.29 is 13.2 Å². The molecule has 0 saturated carbocycles. The second kappa shape index (κ2) is 6.94. The van der Waals surface area contributed by atoms with Crippen molar-refractivity contribution in [2.24, 2.45) is 0 Å². The van der Waals surface area contributed by atoms with E-state index in [2.05, 4.69) is 11.4 Å². The van der Waals surface area contributed by atoms with Gasteiger partial charge in [-0.1, -0.05) is 23.8 Å². The molecule has 5 heteroatoms. The summed E-state index contributed by atoms with van der Waals surface area (Å²) in [5, 5.41) is 3.04. The van der Waals surface area contributed by atoms with Crippen molar-refractivity contribution in [3.63, 3.8) is 0 Å². The summed E-state index contributed by atoms with van der Waals surface area (Å²) in [6.45, 7) is 3.15. The lowest BCUT2D eigenvalue weighted by atomic mass is 10.0. The second-order valence-electron chi connectivity index (χ2n) is 5.98. The van der Waals surface area contributed by atoms with Gasteiger partial charge in [0.2, 0.25) is 0 Å². The molecule has 2 heterocycles. The first kappa shape index (κ1) is 15.7. The molecule has 22 heavy (non-hydrogen) atoms. The number of hydrogen-bond acceptors (Lipinski definition) is 4. The van der Waals surface area contributed by atoms with Gasteiger partial charge in [0.1, 0.15) is 0 Å². The lowest BCUT2D eigenvalue weighted by molar-refractivity contribution is 0.0983. The van der Waals surface area contributed by atoms with Crippen molar-refractivity contribution in [3.05, 3.63) is 35.4 Å². The van der Waals surface area contributed by atoms with Crippen molar-refractivity contribution in [1.29, 1.82) is 0 Å². The maximum atomic E-state index is 12.6. The minimum atomic E-state index is -3.22. The Kier molecular flexibility index (Phi) is 4.96. The molecule has 4 nitrogen and oxygen atoms in total.